The summed E-state index contributed by atoms with van der Waals surface area (Å²) in [6, 6.07) is 11.3. The number of halogens is 2. The number of carboxylic acid groups (broad SMARTS) is 1. The SMILES string of the molecule is CCN(C)S(=O)(=O)Nc1ccc(F)c(C(=O)c2c[nH]c3ncc(-c4ccc(CN5CCN(CC(=O)O)CC5)cc4)cc23)c1F. The zero-order valence-corrected chi connectivity index (χ0v) is 25.0. The third-order valence-corrected chi connectivity index (χ3v) is 9.26. The standard InChI is InChI=1S/C30H32F2N6O5S/c1-3-36(2)44(42,43)35-25-9-8-24(31)27(28(25)32)29(41)23-16-34-30-22(23)14-21(15-33-30)20-6-4-19(5-7-20)17-37-10-12-38(13-11-37)18-26(39)40/h4-9,14-16,35H,3,10-13,17-18H2,1-2H3,(H,33,34)(H,39,40). The molecule has 0 spiro atoms. The second kappa shape index (κ2) is 12.8. The molecule has 0 saturated carbocycles. The number of nitrogens with one attached hydrogen (secondary N) is 2. The van der Waals surface area contributed by atoms with Gasteiger partial charge >= 0.3 is 16.2 Å². The van der Waals surface area contributed by atoms with Gasteiger partial charge in [0.15, 0.2) is 5.82 Å². The van der Waals surface area contributed by atoms with Crippen LogP contribution in [0.25, 0.3) is 22.2 Å². The minimum absolute atomic E-state index is 0.0171. The van der Waals surface area contributed by atoms with Gasteiger partial charge in [0.25, 0.3) is 0 Å². The Hall–Kier alpha value is -4.24. The van der Waals surface area contributed by atoms with Crippen LogP contribution in [0.4, 0.5) is 14.5 Å². The van der Waals surface area contributed by atoms with Gasteiger partial charge in [0.2, 0.25) is 5.78 Å². The summed E-state index contributed by atoms with van der Waals surface area (Å²) in [5.41, 5.74) is 1.49. The third-order valence-electron chi connectivity index (χ3n) is 7.71. The highest BCUT2D eigenvalue weighted by Gasteiger charge is 2.27. The lowest BCUT2D eigenvalue weighted by Crippen LogP contribution is -2.47. The molecular formula is C30H32F2N6O5S. The van der Waals surface area contributed by atoms with Gasteiger partial charge in [0.05, 0.1) is 17.8 Å². The second-order valence-electron chi connectivity index (χ2n) is 10.6. The van der Waals surface area contributed by atoms with E-state index in [1.165, 1.54) is 13.2 Å². The Morgan fingerprint density at radius 2 is 1.73 bits per heavy atom. The van der Waals surface area contributed by atoms with E-state index < -0.39 is 44.8 Å². The Kier molecular flexibility index (Phi) is 9.06. The van der Waals surface area contributed by atoms with Crippen LogP contribution < -0.4 is 4.72 Å². The summed E-state index contributed by atoms with van der Waals surface area (Å²) in [6.07, 6.45) is 2.95. The van der Waals surface area contributed by atoms with Gasteiger partial charge in [0, 0.05) is 75.2 Å². The zero-order chi connectivity index (χ0) is 31.6. The first-order chi connectivity index (χ1) is 21.0. The largest absolute Gasteiger partial charge is 0.480 e. The first-order valence-electron chi connectivity index (χ1n) is 14.0. The molecule has 3 heterocycles. The van der Waals surface area contributed by atoms with Crippen molar-refractivity contribution in [2.45, 2.75) is 13.5 Å². The summed E-state index contributed by atoms with van der Waals surface area (Å²) in [5, 5.41) is 9.34. The zero-order valence-electron chi connectivity index (χ0n) is 24.2. The van der Waals surface area contributed by atoms with Crippen molar-refractivity contribution in [2.24, 2.45) is 0 Å². The van der Waals surface area contributed by atoms with Crippen molar-refractivity contribution in [3.63, 3.8) is 0 Å². The molecule has 2 aromatic carbocycles. The Bertz CT molecular complexity index is 1800. The number of carbonyl (C=O) groups excluding carboxylic acids is 1. The molecule has 2 aromatic heterocycles. The van der Waals surface area contributed by atoms with Gasteiger partial charge in [-0.25, -0.2) is 13.8 Å². The number of hydrogen-bond donors (Lipinski definition) is 3. The van der Waals surface area contributed by atoms with E-state index >= 15 is 4.39 Å². The number of anilines is 1. The van der Waals surface area contributed by atoms with Crippen LogP contribution in [0.1, 0.15) is 28.4 Å². The molecule has 11 nitrogen and oxygen atoms in total. The first-order valence-corrected chi connectivity index (χ1v) is 15.4. The van der Waals surface area contributed by atoms with Crippen molar-refractivity contribution >= 4 is 38.7 Å². The van der Waals surface area contributed by atoms with Gasteiger partial charge in [-0.15, -0.1) is 0 Å². The molecule has 0 amide bonds. The summed E-state index contributed by atoms with van der Waals surface area (Å²) in [7, 11) is -2.82. The molecule has 232 valence electrons. The number of rotatable bonds is 11. The molecular weight excluding hydrogens is 594 g/mol. The molecule has 1 fully saturated rings. The Labute approximate surface area is 253 Å². The summed E-state index contributed by atoms with van der Waals surface area (Å²) >= 11 is 0. The molecule has 0 atom stereocenters. The minimum Gasteiger partial charge on any atom is -0.480 e. The number of fused-ring (bicyclic) bond motifs is 1. The van der Waals surface area contributed by atoms with Crippen molar-refractivity contribution in [1.82, 2.24) is 24.1 Å². The minimum atomic E-state index is -4.11. The van der Waals surface area contributed by atoms with Crippen LogP contribution in [0.3, 0.4) is 0 Å². The first kappa shape index (κ1) is 31.2. The fourth-order valence-corrected chi connectivity index (χ4v) is 6.00. The van der Waals surface area contributed by atoms with Gasteiger partial charge < -0.3 is 10.1 Å². The van der Waals surface area contributed by atoms with E-state index in [1.54, 1.807) is 19.2 Å². The molecule has 44 heavy (non-hydrogen) atoms. The highest BCUT2D eigenvalue weighted by atomic mass is 32.2. The molecule has 1 aliphatic rings. The molecule has 0 radical (unpaired) electrons. The molecule has 1 saturated heterocycles. The Balaban J connectivity index is 1.36. The third kappa shape index (κ3) is 6.63. The summed E-state index contributed by atoms with van der Waals surface area (Å²) in [5.74, 6) is -4.24. The van der Waals surface area contributed by atoms with Crippen molar-refractivity contribution in [3.8, 4) is 11.1 Å². The van der Waals surface area contributed by atoms with Crippen LogP contribution in [-0.4, -0.2) is 95.7 Å². The van der Waals surface area contributed by atoms with Crippen molar-refractivity contribution in [2.75, 3.05) is 51.0 Å². The highest BCUT2D eigenvalue weighted by molar-refractivity contribution is 7.90. The highest BCUT2D eigenvalue weighted by Crippen LogP contribution is 2.30. The van der Waals surface area contributed by atoms with Crippen LogP contribution >= 0.6 is 0 Å². The van der Waals surface area contributed by atoms with Crippen molar-refractivity contribution < 1.29 is 31.9 Å². The van der Waals surface area contributed by atoms with Crippen LogP contribution in [-0.2, 0) is 21.5 Å². The van der Waals surface area contributed by atoms with Crippen LogP contribution in [0.15, 0.2) is 54.9 Å². The average Bonchev–Trinajstić information content (AvgIpc) is 3.42. The van der Waals surface area contributed by atoms with Gasteiger partial charge in [0.1, 0.15) is 11.5 Å². The molecule has 4 aromatic rings. The summed E-state index contributed by atoms with van der Waals surface area (Å²) in [4.78, 5) is 35.8. The fourth-order valence-electron chi connectivity index (χ4n) is 5.07. The van der Waals surface area contributed by atoms with Crippen molar-refractivity contribution in [3.05, 3.63) is 83.2 Å². The topological polar surface area (TPSA) is 139 Å². The number of aromatic nitrogens is 2. The molecule has 5 rings (SSSR count). The monoisotopic (exact) mass is 626 g/mol. The van der Waals surface area contributed by atoms with Gasteiger partial charge in [-0.1, -0.05) is 31.2 Å². The Morgan fingerprint density at radius 3 is 2.39 bits per heavy atom. The number of aromatic amines is 1. The lowest BCUT2D eigenvalue weighted by molar-refractivity contribution is -0.138. The van der Waals surface area contributed by atoms with E-state index in [9.17, 15) is 22.4 Å². The molecule has 1 aliphatic heterocycles. The molecule has 0 unspecified atom stereocenters. The predicted octanol–water partition coefficient (Wildman–Crippen LogP) is 3.55. The van der Waals surface area contributed by atoms with E-state index in [0.29, 0.717) is 29.7 Å². The fraction of sp³-hybridized carbons (Fsp3) is 0.300. The summed E-state index contributed by atoms with van der Waals surface area (Å²) in [6.45, 7) is 5.40. The van der Waals surface area contributed by atoms with Gasteiger partial charge in [-0.3, -0.25) is 24.1 Å². The van der Waals surface area contributed by atoms with Gasteiger partial charge in [-0.2, -0.15) is 12.7 Å². The Morgan fingerprint density at radius 1 is 1.05 bits per heavy atom. The molecule has 0 bridgehead atoms. The average molecular weight is 627 g/mol. The van der Waals surface area contributed by atoms with E-state index in [-0.39, 0.29) is 18.7 Å². The number of piperazine rings is 1. The van der Waals surface area contributed by atoms with Crippen molar-refractivity contribution in [1.29, 1.82) is 0 Å². The van der Waals surface area contributed by atoms with Crippen LogP contribution in [0, 0.1) is 11.6 Å². The predicted molar refractivity (Wildman–Crippen MR) is 162 cm³/mol. The maximum atomic E-state index is 15.4. The van der Waals surface area contributed by atoms with E-state index in [2.05, 4.69) is 19.6 Å². The van der Waals surface area contributed by atoms with Crippen LogP contribution in [0.2, 0.25) is 0 Å². The van der Waals surface area contributed by atoms with Gasteiger partial charge in [-0.05, 0) is 29.3 Å². The molecule has 0 aliphatic carbocycles. The normalized spacial score (nSPS) is 14.8. The number of aliphatic carboxylic acids is 1. The number of benzene rings is 2. The number of pyridine rings is 1. The maximum Gasteiger partial charge on any atom is 0.317 e. The number of carbonyl (C=O) groups is 2. The van der Waals surface area contributed by atoms with E-state index in [1.807, 2.05) is 29.2 Å². The number of ketones is 1. The quantitative estimate of drug-likeness (QED) is 0.215. The smallest absolute Gasteiger partial charge is 0.317 e. The lowest BCUT2D eigenvalue weighted by Gasteiger charge is -2.33. The summed E-state index contributed by atoms with van der Waals surface area (Å²) < 4.78 is 58.1. The number of hydrogen-bond acceptors (Lipinski definition) is 7. The molecule has 3 N–H and O–H groups in total. The van der Waals surface area contributed by atoms with E-state index in [0.717, 1.165) is 47.2 Å². The molecule has 14 heteroatoms. The lowest BCUT2D eigenvalue weighted by atomic mass is 9.99. The number of carboxylic acids is 1. The van der Waals surface area contributed by atoms with E-state index in [4.69, 9.17) is 5.11 Å². The second-order valence-corrected chi connectivity index (χ2v) is 12.4. The maximum absolute atomic E-state index is 15.4. The number of nitrogens with zero attached hydrogens (tertiary/aromatic N) is 4. The van der Waals surface area contributed by atoms with Crippen LogP contribution in [0.5, 0.6) is 0 Å². The number of H-pyrrole nitrogens is 1.